The van der Waals surface area contributed by atoms with E-state index in [9.17, 15) is 18.3 Å². The van der Waals surface area contributed by atoms with Crippen LogP contribution in [0.3, 0.4) is 0 Å². The van der Waals surface area contributed by atoms with E-state index < -0.39 is 27.1 Å². The molecule has 35 heavy (non-hydrogen) atoms. The van der Waals surface area contributed by atoms with Crippen molar-refractivity contribution in [1.82, 2.24) is 4.72 Å². The maximum Gasteiger partial charge on any atom is 0.306 e. The Balaban J connectivity index is 2.97. The number of nitrogens with one attached hydrogen (secondary N) is 1. The van der Waals surface area contributed by atoms with E-state index in [2.05, 4.69) is 11.6 Å². The fraction of sp³-hybridized carbons (Fsp3) is 0.750. The lowest BCUT2D eigenvalue weighted by Crippen LogP contribution is -2.52. The van der Waals surface area contributed by atoms with Crippen LogP contribution in [0, 0.1) is 6.92 Å². The van der Waals surface area contributed by atoms with Crippen LogP contribution in [0.25, 0.3) is 0 Å². The van der Waals surface area contributed by atoms with Gasteiger partial charge in [-0.05, 0) is 35.3 Å². The molecule has 202 valence electrons. The van der Waals surface area contributed by atoms with Gasteiger partial charge in [0.2, 0.25) is 0 Å². The van der Waals surface area contributed by atoms with Crippen LogP contribution in [0.15, 0.2) is 12.1 Å². The van der Waals surface area contributed by atoms with E-state index in [4.69, 9.17) is 0 Å². The molecule has 1 aromatic carbocycles. The summed E-state index contributed by atoms with van der Waals surface area (Å²) in [4.78, 5) is 12.3. The minimum atomic E-state index is -4.34. The van der Waals surface area contributed by atoms with Gasteiger partial charge in [0.1, 0.15) is 0 Å². The predicted octanol–water partition coefficient (Wildman–Crippen LogP) is 6.50. The topological polar surface area (TPSA) is 89.5 Å². The number of anilines is 1. The van der Waals surface area contributed by atoms with Crippen LogP contribution in [-0.2, 0) is 21.0 Å². The zero-order valence-corrected chi connectivity index (χ0v) is 24.2. The summed E-state index contributed by atoms with van der Waals surface area (Å²) in [5.74, 6) is 0. The monoisotopic (exact) mass is 509 g/mol. The second kappa shape index (κ2) is 13.6. The van der Waals surface area contributed by atoms with Gasteiger partial charge in [-0.2, -0.15) is 13.1 Å². The quantitative estimate of drug-likeness (QED) is 0.290. The van der Waals surface area contributed by atoms with E-state index in [-0.39, 0.29) is 12.2 Å². The van der Waals surface area contributed by atoms with Crippen LogP contribution < -0.4 is 14.1 Å². The first kappa shape index (κ1) is 31.4. The molecule has 0 saturated heterocycles. The average Bonchev–Trinajstić information content (AvgIpc) is 2.71. The summed E-state index contributed by atoms with van der Waals surface area (Å²) >= 11 is 0. The number of hydrogen-bond donors (Lipinski definition) is 1. The number of benzene rings is 1. The van der Waals surface area contributed by atoms with Crippen molar-refractivity contribution in [3.05, 3.63) is 28.8 Å². The van der Waals surface area contributed by atoms with Crippen LogP contribution in [0.2, 0.25) is 0 Å². The Morgan fingerprint density at radius 2 is 1.23 bits per heavy atom. The zero-order chi connectivity index (χ0) is 26.9. The van der Waals surface area contributed by atoms with Crippen molar-refractivity contribution in [3.63, 3.8) is 0 Å². The first-order valence-corrected chi connectivity index (χ1v) is 14.7. The number of rotatable bonds is 14. The highest BCUT2D eigenvalue weighted by molar-refractivity contribution is 7.91. The summed E-state index contributed by atoms with van der Waals surface area (Å²) in [6.07, 6.45) is 9.67. The lowest BCUT2D eigenvalue weighted by molar-refractivity contribution is -0.244. The number of amides is 1. The molecule has 0 heterocycles. The van der Waals surface area contributed by atoms with Crippen LogP contribution >= 0.6 is 0 Å². The molecule has 1 rings (SSSR count). The molecule has 0 spiro atoms. The molecule has 0 fully saturated rings. The third-order valence-corrected chi connectivity index (χ3v) is 7.68. The molecule has 1 amide bonds. The van der Waals surface area contributed by atoms with Crippen molar-refractivity contribution in [2.75, 3.05) is 10.8 Å². The van der Waals surface area contributed by atoms with E-state index >= 15 is 0 Å². The van der Waals surface area contributed by atoms with Crippen molar-refractivity contribution >= 4 is 22.0 Å². The summed E-state index contributed by atoms with van der Waals surface area (Å²) in [7, 11) is -4.34. The van der Waals surface area contributed by atoms with Gasteiger partial charge in [-0.1, -0.05) is 124 Å². The van der Waals surface area contributed by atoms with Gasteiger partial charge in [0.25, 0.3) is 0 Å². The summed E-state index contributed by atoms with van der Waals surface area (Å²) in [6.45, 7) is 16.1. The number of hydrogen-bond acceptors (Lipinski definition) is 4. The van der Waals surface area contributed by atoms with Gasteiger partial charge in [-0.25, -0.2) is 4.31 Å². The molecule has 0 aliphatic carbocycles. The Morgan fingerprint density at radius 3 is 1.60 bits per heavy atom. The Morgan fingerprint density at radius 1 is 0.829 bits per heavy atom. The smallest absolute Gasteiger partial charge is 0.306 e. The first-order chi connectivity index (χ1) is 16.1. The van der Waals surface area contributed by atoms with E-state index in [0.29, 0.717) is 21.9 Å². The van der Waals surface area contributed by atoms with Crippen LogP contribution in [0.5, 0.6) is 0 Å². The highest BCUT2D eigenvalue weighted by atomic mass is 32.2. The highest BCUT2D eigenvalue weighted by Gasteiger charge is 2.34. The second-order valence-electron chi connectivity index (χ2n) is 11.8. The lowest BCUT2D eigenvalue weighted by Gasteiger charge is -2.36. The van der Waals surface area contributed by atoms with E-state index in [0.717, 1.165) is 24.8 Å². The fourth-order valence-electron chi connectivity index (χ4n) is 4.33. The molecule has 1 aromatic rings. The van der Waals surface area contributed by atoms with Gasteiger partial charge in [-0.15, -0.1) is 0 Å². The molecule has 1 N–H and O–H groups in total. The number of carboxylic acid groups (broad SMARTS) is 1. The van der Waals surface area contributed by atoms with Crippen LogP contribution in [0.1, 0.15) is 129 Å². The molecule has 7 heteroatoms. The van der Waals surface area contributed by atoms with Crippen molar-refractivity contribution in [1.29, 1.82) is 0 Å². The van der Waals surface area contributed by atoms with Gasteiger partial charge in [0.15, 0.2) is 6.09 Å². The largest absolute Gasteiger partial charge is 0.529 e. The van der Waals surface area contributed by atoms with Crippen LogP contribution in [0.4, 0.5) is 10.5 Å². The Kier molecular flexibility index (Phi) is 12.2. The van der Waals surface area contributed by atoms with Gasteiger partial charge in [-0.3, -0.25) is 0 Å². The standard InChI is InChI=1S/C28H50N2O4S/c1-9-10-11-12-13-14-15-16-17-18-19-29-35(33,34)30(26(31)32)25-23(27(3,4)5)20-22(2)21-24(25)28(6,7)8/h20-21,29H,9-19H2,1-8H3,(H,31,32)/p-1. The maximum atomic E-state index is 13.3. The maximum absolute atomic E-state index is 13.3. The number of carbonyl (C=O) groups excluding carboxylic acids is 1. The molecular formula is C28H49N2O4S-. The molecule has 0 radical (unpaired) electrons. The number of nitrogens with zero attached hydrogens (tertiary/aromatic N) is 1. The SMILES string of the molecule is CCCCCCCCCCCCNS(=O)(=O)N(C(=O)[O-])c1c(C(C)(C)C)cc(C)cc1C(C)(C)C. The fourth-order valence-corrected chi connectivity index (χ4v) is 5.49. The summed E-state index contributed by atoms with van der Waals surface area (Å²) in [6, 6.07) is 3.75. The van der Waals surface area contributed by atoms with E-state index in [1.54, 1.807) is 0 Å². The van der Waals surface area contributed by atoms with Gasteiger partial charge >= 0.3 is 10.2 Å². The van der Waals surface area contributed by atoms with E-state index in [1.807, 2.05) is 60.6 Å². The van der Waals surface area contributed by atoms with Crippen LogP contribution in [-0.4, -0.2) is 21.1 Å². The minimum Gasteiger partial charge on any atom is -0.529 e. The molecular weight excluding hydrogens is 460 g/mol. The molecule has 0 atom stereocenters. The molecule has 0 saturated carbocycles. The number of unbranched alkanes of at least 4 members (excludes halogenated alkanes) is 9. The van der Waals surface area contributed by atoms with Crippen molar-refractivity contribution in [2.45, 2.75) is 130 Å². The number of carbonyl (C=O) groups is 1. The Bertz CT molecular complexity index is 877. The minimum absolute atomic E-state index is 0.186. The first-order valence-electron chi connectivity index (χ1n) is 13.3. The van der Waals surface area contributed by atoms with Gasteiger partial charge < -0.3 is 9.90 Å². The van der Waals surface area contributed by atoms with Crippen molar-refractivity contribution in [3.8, 4) is 0 Å². The van der Waals surface area contributed by atoms with E-state index in [1.165, 1.54) is 38.5 Å². The lowest BCUT2D eigenvalue weighted by atomic mass is 9.77. The average molecular weight is 510 g/mol. The highest BCUT2D eigenvalue weighted by Crippen LogP contribution is 2.41. The molecule has 0 aromatic heterocycles. The normalized spacial score (nSPS) is 12.7. The van der Waals surface area contributed by atoms with Crippen molar-refractivity contribution in [2.24, 2.45) is 0 Å². The third kappa shape index (κ3) is 10.1. The molecule has 6 nitrogen and oxygen atoms in total. The second-order valence-corrected chi connectivity index (χ2v) is 13.4. The summed E-state index contributed by atoms with van der Waals surface area (Å²) in [5, 5.41) is 12.3. The Hall–Kier alpha value is -1.60. The molecule has 0 bridgehead atoms. The van der Waals surface area contributed by atoms with Gasteiger partial charge in [0.05, 0.1) is 5.69 Å². The Labute approximate surface area is 215 Å². The molecule has 0 unspecified atom stereocenters. The molecule has 0 aliphatic rings. The molecule has 0 aliphatic heterocycles. The predicted molar refractivity (Wildman–Crippen MR) is 145 cm³/mol. The third-order valence-electron chi connectivity index (χ3n) is 6.29. The van der Waals surface area contributed by atoms with Crippen molar-refractivity contribution < 1.29 is 18.3 Å². The summed E-state index contributed by atoms with van der Waals surface area (Å²) < 4.78 is 29.5. The van der Waals surface area contributed by atoms with Gasteiger partial charge in [0, 0.05) is 6.54 Å². The summed E-state index contributed by atoms with van der Waals surface area (Å²) in [5.41, 5.74) is 1.53. The zero-order valence-electron chi connectivity index (χ0n) is 23.4. The number of aryl methyl sites for hydroxylation is 1.